The minimum Gasteiger partial charge on any atom is -0.491 e. The Morgan fingerprint density at radius 1 is 1.09 bits per heavy atom. The molecule has 0 N–H and O–H groups in total. The topological polar surface area (TPSA) is 56.6 Å². The molecule has 0 atom stereocenters. The molecule has 2 aromatic carbocycles. The maximum absolute atomic E-state index is 13.0. The first-order chi connectivity index (χ1) is 16.2. The van der Waals surface area contributed by atoms with E-state index in [-0.39, 0.29) is 5.91 Å². The summed E-state index contributed by atoms with van der Waals surface area (Å²) >= 11 is 0. The van der Waals surface area contributed by atoms with Gasteiger partial charge in [0.05, 0.1) is 19.5 Å². The van der Waals surface area contributed by atoms with E-state index in [1.165, 1.54) is 16.7 Å². The summed E-state index contributed by atoms with van der Waals surface area (Å²) in [5.41, 5.74) is 4.86. The molecule has 4 rings (SSSR count). The third kappa shape index (κ3) is 6.68. The number of hydrogen-bond acceptors (Lipinski definition) is 4. The van der Waals surface area contributed by atoms with Gasteiger partial charge in [0, 0.05) is 44.9 Å². The van der Waals surface area contributed by atoms with Crippen LogP contribution >= 0.6 is 0 Å². The van der Waals surface area contributed by atoms with Gasteiger partial charge in [-0.15, -0.1) is 0 Å². The Balaban J connectivity index is 1.48. The van der Waals surface area contributed by atoms with Crippen LogP contribution in [0.2, 0.25) is 0 Å². The highest BCUT2D eigenvalue weighted by molar-refractivity contribution is 5.76. The van der Waals surface area contributed by atoms with E-state index in [4.69, 9.17) is 9.47 Å². The number of amides is 1. The van der Waals surface area contributed by atoms with Gasteiger partial charge in [-0.25, -0.2) is 4.98 Å². The van der Waals surface area contributed by atoms with Crippen molar-refractivity contribution in [3.8, 4) is 5.75 Å². The summed E-state index contributed by atoms with van der Waals surface area (Å²) in [7, 11) is 0. The fourth-order valence-corrected chi connectivity index (χ4v) is 4.18. The van der Waals surface area contributed by atoms with Crippen molar-refractivity contribution in [1.82, 2.24) is 14.5 Å². The molecule has 1 amide bonds. The number of aryl methyl sites for hydroxylation is 2. The highest BCUT2D eigenvalue weighted by Gasteiger charge is 2.15. The zero-order valence-corrected chi connectivity index (χ0v) is 19.4. The number of rotatable bonds is 5. The van der Waals surface area contributed by atoms with E-state index in [2.05, 4.69) is 54.4 Å². The molecule has 174 valence electrons. The van der Waals surface area contributed by atoms with Crippen LogP contribution < -0.4 is 4.74 Å². The van der Waals surface area contributed by atoms with Crippen LogP contribution in [0.25, 0.3) is 0 Å². The molecule has 1 aromatic heterocycles. The molecule has 0 radical (unpaired) electrons. The van der Waals surface area contributed by atoms with Gasteiger partial charge in [0.2, 0.25) is 5.91 Å². The first-order valence-corrected chi connectivity index (χ1v) is 11.8. The number of fused-ring (bicyclic) bond motifs is 3. The van der Waals surface area contributed by atoms with Crippen LogP contribution in [0, 0.1) is 0 Å². The van der Waals surface area contributed by atoms with Crippen LogP contribution in [0.15, 0.2) is 61.2 Å². The van der Waals surface area contributed by atoms with Crippen molar-refractivity contribution >= 4 is 5.91 Å². The van der Waals surface area contributed by atoms with Gasteiger partial charge in [-0.1, -0.05) is 43.3 Å². The first-order valence-electron chi connectivity index (χ1n) is 11.8. The lowest BCUT2D eigenvalue weighted by atomic mass is 9.99. The van der Waals surface area contributed by atoms with Gasteiger partial charge in [-0.3, -0.25) is 4.79 Å². The van der Waals surface area contributed by atoms with Gasteiger partial charge < -0.3 is 18.9 Å². The number of imidazole rings is 1. The molecule has 1 aliphatic heterocycles. The average molecular weight is 448 g/mol. The Bertz CT molecular complexity index is 1030. The summed E-state index contributed by atoms with van der Waals surface area (Å²) in [6.07, 6.45) is 8.57. The largest absolute Gasteiger partial charge is 0.491 e. The van der Waals surface area contributed by atoms with Crippen LogP contribution in [0.4, 0.5) is 0 Å². The molecule has 33 heavy (non-hydrogen) atoms. The smallest absolute Gasteiger partial charge is 0.223 e. The van der Waals surface area contributed by atoms with Crippen molar-refractivity contribution in [2.45, 2.75) is 45.7 Å². The van der Waals surface area contributed by atoms with E-state index < -0.39 is 0 Å². The first kappa shape index (κ1) is 23.1. The maximum atomic E-state index is 13.0. The molecule has 0 spiro atoms. The van der Waals surface area contributed by atoms with Crippen molar-refractivity contribution in [3.63, 3.8) is 0 Å². The number of nitrogens with zero attached hydrogens (tertiary/aromatic N) is 3. The Morgan fingerprint density at radius 3 is 2.85 bits per heavy atom. The molecule has 0 fully saturated rings. The molecule has 0 unspecified atom stereocenters. The molecule has 2 bridgehead atoms. The minimum atomic E-state index is 0.158. The molecule has 6 nitrogen and oxygen atoms in total. The lowest BCUT2D eigenvalue weighted by Crippen LogP contribution is -2.34. The van der Waals surface area contributed by atoms with Crippen LogP contribution in [0.1, 0.15) is 42.0 Å². The molecular formula is C27H33N3O3. The fraction of sp³-hybridized carbons (Fsp3) is 0.407. The second-order valence-electron chi connectivity index (χ2n) is 8.47. The summed E-state index contributed by atoms with van der Waals surface area (Å²) in [6, 6.07) is 15.0. The Morgan fingerprint density at radius 2 is 2.00 bits per heavy atom. The van der Waals surface area contributed by atoms with Crippen molar-refractivity contribution in [2.24, 2.45) is 0 Å². The normalized spacial score (nSPS) is 14.8. The van der Waals surface area contributed by atoms with Gasteiger partial charge >= 0.3 is 0 Å². The van der Waals surface area contributed by atoms with E-state index in [9.17, 15) is 4.79 Å². The number of aromatic nitrogens is 2. The van der Waals surface area contributed by atoms with E-state index in [1.54, 1.807) is 12.5 Å². The molecule has 6 heteroatoms. The second kappa shape index (κ2) is 11.7. The molecule has 3 aromatic rings. The number of hydrogen-bond donors (Lipinski definition) is 0. The average Bonchev–Trinajstić information content (AvgIpc) is 3.34. The van der Waals surface area contributed by atoms with Crippen LogP contribution in [0.3, 0.4) is 0 Å². The summed E-state index contributed by atoms with van der Waals surface area (Å²) in [5, 5.41) is 0. The van der Waals surface area contributed by atoms with Gasteiger partial charge in [0.1, 0.15) is 12.4 Å². The number of benzene rings is 2. The predicted molar refractivity (Wildman–Crippen MR) is 128 cm³/mol. The quantitative estimate of drug-likeness (QED) is 0.587. The molecule has 2 heterocycles. The van der Waals surface area contributed by atoms with Crippen molar-refractivity contribution < 1.29 is 14.3 Å². The Hall–Kier alpha value is -3.12. The van der Waals surface area contributed by atoms with Gasteiger partial charge in [-0.2, -0.15) is 0 Å². The summed E-state index contributed by atoms with van der Waals surface area (Å²) < 4.78 is 13.9. The lowest BCUT2D eigenvalue weighted by molar-refractivity contribution is -0.132. The standard InChI is InChI=1S/C27H33N3O3/c1-2-22-8-9-26-25(18-22)19-23-5-3-6-24(17-23)20-30(13-14-32-15-16-33-26)27(31)7-4-11-29-12-10-28-21-29/h3,5-6,8-10,12,17-18,21H,2,4,7,11,13-16,19-20H2,1H3. The van der Waals surface area contributed by atoms with E-state index >= 15 is 0 Å². The third-order valence-electron chi connectivity index (χ3n) is 6.00. The molecule has 1 aliphatic rings. The number of ether oxygens (including phenoxy) is 2. The highest BCUT2D eigenvalue weighted by atomic mass is 16.5. The van der Waals surface area contributed by atoms with Gasteiger partial charge in [0.25, 0.3) is 0 Å². The molecule has 0 saturated carbocycles. The van der Waals surface area contributed by atoms with E-state index in [0.717, 1.165) is 37.1 Å². The highest BCUT2D eigenvalue weighted by Crippen LogP contribution is 2.25. The Kier molecular flexibility index (Phi) is 8.14. The summed E-state index contributed by atoms with van der Waals surface area (Å²) in [6.45, 7) is 5.63. The second-order valence-corrected chi connectivity index (χ2v) is 8.47. The molecule has 0 saturated heterocycles. The zero-order chi connectivity index (χ0) is 22.9. The van der Waals surface area contributed by atoms with Crippen LogP contribution in [0.5, 0.6) is 5.75 Å². The Labute approximate surface area is 196 Å². The SMILES string of the molecule is CCc1ccc2c(c1)Cc1cccc(c1)CN(C(=O)CCCn1ccnc1)CCOCCO2. The minimum absolute atomic E-state index is 0.158. The summed E-state index contributed by atoms with van der Waals surface area (Å²) in [5.74, 6) is 1.08. The van der Waals surface area contributed by atoms with Crippen molar-refractivity contribution in [1.29, 1.82) is 0 Å². The van der Waals surface area contributed by atoms with Crippen LogP contribution in [-0.2, 0) is 35.5 Å². The van der Waals surface area contributed by atoms with Gasteiger partial charge in [-0.05, 0) is 41.2 Å². The van der Waals surface area contributed by atoms with Crippen LogP contribution in [-0.4, -0.2) is 46.7 Å². The van der Waals surface area contributed by atoms with Gasteiger partial charge in [0.15, 0.2) is 0 Å². The molecule has 0 aliphatic carbocycles. The maximum Gasteiger partial charge on any atom is 0.223 e. The molecular weight excluding hydrogens is 414 g/mol. The fourth-order valence-electron chi connectivity index (χ4n) is 4.18. The van der Waals surface area contributed by atoms with E-state index in [0.29, 0.717) is 39.3 Å². The lowest BCUT2D eigenvalue weighted by Gasteiger charge is -2.24. The monoisotopic (exact) mass is 447 g/mol. The van der Waals surface area contributed by atoms with E-state index in [1.807, 2.05) is 15.7 Å². The summed E-state index contributed by atoms with van der Waals surface area (Å²) in [4.78, 5) is 19.0. The number of carbonyl (C=O) groups is 1. The number of carbonyl (C=O) groups excluding carboxylic acids is 1. The predicted octanol–water partition coefficient (Wildman–Crippen LogP) is 4.25. The zero-order valence-electron chi connectivity index (χ0n) is 19.4. The van der Waals surface area contributed by atoms with Crippen molar-refractivity contribution in [3.05, 3.63) is 83.4 Å². The third-order valence-corrected chi connectivity index (χ3v) is 6.00. The van der Waals surface area contributed by atoms with Crippen molar-refractivity contribution in [2.75, 3.05) is 26.4 Å².